The van der Waals surface area contributed by atoms with E-state index >= 15 is 0 Å². The first-order valence-corrected chi connectivity index (χ1v) is 8.81. The molecule has 1 rings (SSSR count). The van der Waals surface area contributed by atoms with Gasteiger partial charge in [0.25, 0.3) is 0 Å². The fourth-order valence-electron chi connectivity index (χ4n) is 1.94. The monoisotopic (exact) mass is 444 g/mol. The van der Waals surface area contributed by atoms with Gasteiger partial charge in [-0.05, 0) is 56.7 Å². The van der Waals surface area contributed by atoms with Crippen LogP contribution in [0, 0.1) is 17.2 Å². The zero-order valence-electron chi connectivity index (χ0n) is 13.2. The Morgan fingerprint density at radius 1 is 1.48 bits per heavy atom. The lowest BCUT2D eigenvalue weighted by atomic mass is 10.00. The lowest BCUT2D eigenvalue weighted by Gasteiger charge is -2.13. The number of halogens is 2. The van der Waals surface area contributed by atoms with Crippen molar-refractivity contribution in [3.8, 4) is 11.8 Å². The highest BCUT2D eigenvalue weighted by Crippen LogP contribution is 2.43. The van der Waals surface area contributed by atoms with Crippen molar-refractivity contribution in [3.63, 3.8) is 0 Å². The highest BCUT2D eigenvalue weighted by molar-refractivity contribution is 9.11. The van der Waals surface area contributed by atoms with Crippen LogP contribution < -0.4 is 4.74 Å². The first kappa shape index (κ1) is 19.7. The predicted molar refractivity (Wildman–Crippen MR) is 96.7 cm³/mol. The van der Waals surface area contributed by atoms with Crippen molar-refractivity contribution in [2.24, 2.45) is 10.9 Å². The molecule has 23 heavy (non-hydrogen) atoms. The molecule has 1 aromatic carbocycles. The van der Waals surface area contributed by atoms with Gasteiger partial charge in [-0.25, -0.2) is 4.79 Å². The summed E-state index contributed by atoms with van der Waals surface area (Å²) in [5.74, 6) is 0.581. The zero-order valence-corrected chi connectivity index (χ0v) is 16.4. The van der Waals surface area contributed by atoms with E-state index in [4.69, 9.17) is 9.84 Å². The largest absolute Gasteiger partial charge is 0.511 e. The van der Waals surface area contributed by atoms with E-state index in [2.05, 4.69) is 56.8 Å². The van der Waals surface area contributed by atoms with Gasteiger partial charge in [0.2, 0.25) is 0 Å². The van der Waals surface area contributed by atoms with E-state index in [-0.39, 0.29) is 5.75 Å². The normalized spacial score (nSPS) is 12.6. The number of carboxylic acid groups (broad SMARTS) is 1. The second-order valence-electron chi connectivity index (χ2n) is 5.13. The predicted octanol–water partition coefficient (Wildman–Crippen LogP) is 6.06. The van der Waals surface area contributed by atoms with Gasteiger partial charge in [-0.2, -0.15) is 5.26 Å². The molecule has 1 N–H and O–H groups in total. The van der Waals surface area contributed by atoms with E-state index < -0.39 is 6.16 Å². The Morgan fingerprint density at radius 3 is 2.61 bits per heavy atom. The summed E-state index contributed by atoms with van der Waals surface area (Å²) in [4.78, 5) is 15.4. The summed E-state index contributed by atoms with van der Waals surface area (Å²) in [6, 6.07) is 3.60. The van der Waals surface area contributed by atoms with E-state index in [1.807, 2.05) is 6.92 Å². The second-order valence-corrected chi connectivity index (χ2v) is 6.77. The zero-order chi connectivity index (χ0) is 17.6. The molecule has 0 saturated heterocycles. The molecular formula is C16H18Br2N2O3. The Bertz CT molecular complexity index is 666. The SMILES string of the molecule is CCC(CC(C)CC)=Nc1c(C#N)cc(Br)c(OC(=O)O)c1Br. The Hall–Kier alpha value is -1.39. The van der Waals surface area contributed by atoms with E-state index in [1.165, 1.54) is 6.07 Å². The summed E-state index contributed by atoms with van der Waals surface area (Å²) in [6.45, 7) is 6.27. The lowest BCUT2D eigenvalue weighted by molar-refractivity contribution is 0.144. The van der Waals surface area contributed by atoms with Crippen LogP contribution in [0.5, 0.6) is 5.75 Å². The maximum absolute atomic E-state index is 10.8. The van der Waals surface area contributed by atoms with Crippen LogP contribution in [0.25, 0.3) is 0 Å². The molecule has 0 aliphatic heterocycles. The molecule has 7 heteroatoms. The van der Waals surface area contributed by atoms with Gasteiger partial charge < -0.3 is 9.84 Å². The molecule has 0 saturated carbocycles. The van der Waals surface area contributed by atoms with Crippen LogP contribution in [-0.2, 0) is 0 Å². The number of benzene rings is 1. The smallest absolute Gasteiger partial charge is 0.449 e. The molecule has 0 aromatic heterocycles. The molecular weight excluding hydrogens is 428 g/mol. The summed E-state index contributed by atoms with van der Waals surface area (Å²) in [7, 11) is 0. The molecule has 1 atom stereocenters. The Kier molecular flexibility index (Phi) is 7.73. The van der Waals surface area contributed by atoms with Crippen LogP contribution >= 0.6 is 31.9 Å². The summed E-state index contributed by atoms with van der Waals surface area (Å²) in [5.41, 5.74) is 1.70. The second kappa shape index (κ2) is 9.04. The quantitative estimate of drug-likeness (QED) is 0.327. The van der Waals surface area contributed by atoms with E-state index in [0.29, 0.717) is 26.1 Å². The molecule has 0 bridgehead atoms. The van der Waals surface area contributed by atoms with E-state index in [0.717, 1.165) is 25.0 Å². The van der Waals surface area contributed by atoms with Crippen molar-refractivity contribution in [3.05, 3.63) is 20.6 Å². The van der Waals surface area contributed by atoms with Crippen LogP contribution in [-0.4, -0.2) is 17.0 Å². The Labute approximate surface area is 152 Å². The molecule has 1 aromatic rings. The molecule has 0 aliphatic rings. The van der Waals surface area contributed by atoms with Crippen LogP contribution in [0.3, 0.4) is 0 Å². The molecule has 5 nitrogen and oxygen atoms in total. The molecule has 0 spiro atoms. The molecule has 0 radical (unpaired) electrons. The van der Waals surface area contributed by atoms with Gasteiger partial charge >= 0.3 is 6.16 Å². The number of nitrogens with zero attached hydrogens (tertiary/aromatic N) is 2. The van der Waals surface area contributed by atoms with Crippen molar-refractivity contribution >= 4 is 49.4 Å². The van der Waals surface area contributed by atoms with Gasteiger partial charge in [0.1, 0.15) is 6.07 Å². The minimum Gasteiger partial charge on any atom is -0.449 e. The molecule has 0 aliphatic carbocycles. The van der Waals surface area contributed by atoms with Gasteiger partial charge in [-0.1, -0.05) is 27.2 Å². The Balaban J connectivity index is 3.43. The fraction of sp³-hybridized carbons (Fsp3) is 0.438. The topological polar surface area (TPSA) is 82.7 Å². The third-order valence-electron chi connectivity index (χ3n) is 3.42. The van der Waals surface area contributed by atoms with E-state index in [1.54, 1.807) is 0 Å². The third-order valence-corrected chi connectivity index (χ3v) is 4.74. The van der Waals surface area contributed by atoms with Crippen LogP contribution in [0.4, 0.5) is 10.5 Å². The average molecular weight is 446 g/mol. The van der Waals surface area contributed by atoms with Crippen LogP contribution in [0.2, 0.25) is 0 Å². The van der Waals surface area contributed by atoms with Crippen molar-refractivity contribution < 1.29 is 14.6 Å². The van der Waals surface area contributed by atoms with Gasteiger partial charge in [-0.15, -0.1) is 0 Å². The number of ether oxygens (including phenoxy) is 1. The van der Waals surface area contributed by atoms with Crippen molar-refractivity contribution in [1.29, 1.82) is 5.26 Å². The van der Waals surface area contributed by atoms with Crippen LogP contribution in [0.1, 0.15) is 45.6 Å². The number of nitriles is 1. The third kappa shape index (κ3) is 5.33. The number of carbonyl (C=O) groups is 1. The first-order chi connectivity index (χ1) is 10.8. The van der Waals surface area contributed by atoms with Gasteiger partial charge in [-0.3, -0.25) is 4.99 Å². The van der Waals surface area contributed by atoms with Crippen molar-refractivity contribution in [2.75, 3.05) is 0 Å². The minimum atomic E-state index is -1.43. The summed E-state index contributed by atoms with van der Waals surface area (Å²) >= 11 is 6.54. The number of hydrogen-bond donors (Lipinski definition) is 1. The molecule has 0 amide bonds. The summed E-state index contributed by atoms with van der Waals surface area (Å²) in [6.07, 6.45) is 1.20. The average Bonchev–Trinajstić information content (AvgIpc) is 2.52. The van der Waals surface area contributed by atoms with Crippen molar-refractivity contribution in [2.45, 2.75) is 40.0 Å². The number of rotatable bonds is 6. The first-order valence-electron chi connectivity index (χ1n) is 7.23. The van der Waals surface area contributed by atoms with Crippen LogP contribution in [0.15, 0.2) is 20.0 Å². The number of hydrogen-bond acceptors (Lipinski definition) is 4. The maximum atomic E-state index is 10.8. The Morgan fingerprint density at radius 2 is 2.13 bits per heavy atom. The standard InChI is InChI=1S/C16H18Br2N2O3/c1-4-9(3)6-11(5-2)20-14-10(8-19)7-12(17)15(13(14)18)23-16(21)22/h7,9H,4-6H2,1-3H3,(H,21,22). The lowest BCUT2D eigenvalue weighted by Crippen LogP contribution is -2.06. The number of aliphatic imine (C=N–C) groups is 1. The molecule has 124 valence electrons. The fourth-order valence-corrected chi connectivity index (χ4v) is 3.31. The van der Waals surface area contributed by atoms with Gasteiger partial charge in [0.15, 0.2) is 5.75 Å². The summed E-state index contributed by atoms with van der Waals surface area (Å²) < 4.78 is 5.50. The van der Waals surface area contributed by atoms with Crippen molar-refractivity contribution in [1.82, 2.24) is 0 Å². The highest BCUT2D eigenvalue weighted by atomic mass is 79.9. The molecule has 1 unspecified atom stereocenters. The maximum Gasteiger partial charge on any atom is 0.511 e. The molecule has 0 fully saturated rings. The highest BCUT2D eigenvalue weighted by Gasteiger charge is 2.19. The van der Waals surface area contributed by atoms with E-state index in [9.17, 15) is 10.1 Å². The summed E-state index contributed by atoms with van der Waals surface area (Å²) in [5, 5.41) is 18.2. The minimum absolute atomic E-state index is 0.0919. The molecule has 0 heterocycles. The van der Waals surface area contributed by atoms with Gasteiger partial charge in [0, 0.05) is 5.71 Å². The van der Waals surface area contributed by atoms with Gasteiger partial charge in [0.05, 0.1) is 20.2 Å².